The number of guanidine groups is 1. The van der Waals surface area contributed by atoms with E-state index >= 15 is 0 Å². The molecule has 1 aliphatic carbocycles. The number of aliphatic imine (C=N–C) groups is 1. The van der Waals surface area contributed by atoms with Crippen LogP contribution in [0.3, 0.4) is 0 Å². The first-order valence-electron chi connectivity index (χ1n) is 10.1. The van der Waals surface area contributed by atoms with Gasteiger partial charge in [-0.25, -0.2) is 8.42 Å². The molecule has 27 heavy (non-hydrogen) atoms. The van der Waals surface area contributed by atoms with Crippen LogP contribution in [0.25, 0.3) is 0 Å². The fourth-order valence-corrected chi connectivity index (χ4v) is 5.20. The SMILES string of the molecule is CCCOC1(CN=C(NCC)N2CCS(=O)(=O)C(C)(C)C2)CCCCC1.I. The quantitative estimate of drug-likeness (QED) is 0.334. The minimum Gasteiger partial charge on any atom is -0.373 e. The molecule has 1 saturated carbocycles. The van der Waals surface area contributed by atoms with E-state index in [-0.39, 0.29) is 35.3 Å². The average Bonchev–Trinajstić information content (AvgIpc) is 2.60. The summed E-state index contributed by atoms with van der Waals surface area (Å²) in [5, 5.41) is 3.36. The third-order valence-electron chi connectivity index (χ3n) is 5.57. The second-order valence-corrected chi connectivity index (χ2v) is 11.0. The van der Waals surface area contributed by atoms with Crippen molar-refractivity contribution in [2.75, 3.05) is 38.5 Å². The minimum atomic E-state index is -3.05. The van der Waals surface area contributed by atoms with Gasteiger partial charge in [-0.3, -0.25) is 4.99 Å². The van der Waals surface area contributed by atoms with Crippen molar-refractivity contribution in [1.82, 2.24) is 10.2 Å². The molecule has 0 aromatic rings. The van der Waals surface area contributed by atoms with Crippen molar-refractivity contribution in [3.63, 3.8) is 0 Å². The van der Waals surface area contributed by atoms with E-state index in [1.54, 1.807) is 0 Å². The van der Waals surface area contributed by atoms with Gasteiger partial charge in [-0.1, -0.05) is 26.2 Å². The Morgan fingerprint density at radius 3 is 2.41 bits per heavy atom. The second kappa shape index (κ2) is 10.6. The van der Waals surface area contributed by atoms with Crippen molar-refractivity contribution in [2.45, 2.75) is 76.6 Å². The van der Waals surface area contributed by atoms with Gasteiger partial charge in [0.1, 0.15) is 0 Å². The van der Waals surface area contributed by atoms with E-state index < -0.39 is 14.6 Å². The van der Waals surface area contributed by atoms with Gasteiger partial charge in [-0.05, 0) is 40.0 Å². The van der Waals surface area contributed by atoms with Crippen LogP contribution in [0, 0.1) is 0 Å². The Kier molecular flexibility index (Phi) is 9.81. The fourth-order valence-electron chi connectivity index (χ4n) is 3.83. The molecular formula is C19H38IN3O3S. The minimum absolute atomic E-state index is 0. The van der Waals surface area contributed by atoms with Crippen molar-refractivity contribution < 1.29 is 13.2 Å². The van der Waals surface area contributed by atoms with Gasteiger partial charge in [0.05, 0.1) is 22.6 Å². The summed E-state index contributed by atoms with van der Waals surface area (Å²) in [4.78, 5) is 7.01. The summed E-state index contributed by atoms with van der Waals surface area (Å²) in [5.74, 6) is 1.00. The first-order chi connectivity index (χ1) is 12.3. The van der Waals surface area contributed by atoms with Crippen LogP contribution in [0.5, 0.6) is 0 Å². The molecule has 1 saturated heterocycles. The average molecular weight is 516 g/mol. The largest absolute Gasteiger partial charge is 0.373 e. The molecule has 2 aliphatic rings. The standard InChI is InChI=1S/C19H37N3O3S.HI/c1-5-13-25-19(10-8-7-9-11-19)15-21-17(20-6-2)22-12-14-26(23,24)18(3,4)16-22;/h5-16H2,1-4H3,(H,20,21);1H. The van der Waals surface area contributed by atoms with Crippen molar-refractivity contribution in [1.29, 1.82) is 0 Å². The maximum absolute atomic E-state index is 12.3. The third kappa shape index (κ3) is 6.45. The molecular weight excluding hydrogens is 477 g/mol. The lowest BCUT2D eigenvalue weighted by atomic mass is 9.84. The first-order valence-corrected chi connectivity index (χ1v) is 11.8. The molecule has 1 heterocycles. The molecule has 0 radical (unpaired) electrons. The van der Waals surface area contributed by atoms with Crippen LogP contribution in [0.1, 0.15) is 66.2 Å². The summed E-state index contributed by atoms with van der Waals surface area (Å²) in [6.07, 6.45) is 6.82. The number of sulfone groups is 1. The van der Waals surface area contributed by atoms with E-state index in [0.29, 0.717) is 19.6 Å². The van der Waals surface area contributed by atoms with Gasteiger partial charge in [0, 0.05) is 26.2 Å². The Morgan fingerprint density at radius 1 is 1.19 bits per heavy atom. The molecule has 2 fully saturated rings. The van der Waals surface area contributed by atoms with Gasteiger partial charge in [-0.15, -0.1) is 24.0 Å². The van der Waals surface area contributed by atoms with Crippen molar-refractivity contribution in [3.8, 4) is 0 Å². The summed E-state index contributed by atoms with van der Waals surface area (Å²) < 4.78 is 30.1. The highest BCUT2D eigenvalue weighted by molar-refractivity contribution is 14.0. The summed E-state index contributed by atoms with van der Waals surface area (Å²) in [7, 11) is -3.05. The number of hydrogen-bond donors (Lipinski definition) is 1. The lowest BCUT2D eigenvalue weighted by Gasteiger charge is -2.40. The van der Waals surface area contributed by atoms with E-state index in [1.807, 2.05) is 20.8 Å². The summed E-state index contributed by atoms with van der Waals surface area (Å²) in [5.41, 5.74) is -0.147. The second-order valence-electron chi connectivity index (χ2n) is 8.26. The molecule has 8 heteroatoms. The summed E-state index contributed by atoms with van der Waals surface area (Å²) in [6, 6.07) is 0. The van der Waals surface area contributed by atoms with Crippen molar-refractivity contribution in [2.24, 2.45) is 4.99 Å². The Balaban J connectivity index is 0.00000364. The highest BCUT2D eigenvalue weighted by Crippen LogP contribution is 2.32. The fraction of sp³-hybridized carbons (Fsp3) is 0.947. The molecule has 0 aromatic carbocycles. The van der Waals surface area contributed by atoms with Crippen LogP contribution in [-0.4, -0.2) is 68.2 Å². The predicted molar refractivity (Wildman–Crippen MR) is 123 cm³/mol. The van der Waals surface area contributed by atoms with E-state index in [0.717, 1.165) is 38.4 Å². The van der Waals surface area contributed by atoms with Gasteiger partial charge < -0.3 is 15.0 Å². The topological polar surface area (TPSA) is 71.0 Å². The zero-order valence-corrected chi connectivity index (χ0v) is 20.6. The number of rotatable bonds is 6. The van der Waals surface area contributed by atoms with Gasteiger partial charge in [0.2, 0.25) is 0 Å². The number of nitrogens with zero attached hydrogens (tertiary/aromatic N) is 2. The summed E-state index contributed by atoms with van der Waals surface area (Å²) in [6.45, 7) is 11.0. The summed E-state index contributed by atoms with van der Waals surface area (Å²) >= 11 is 0. The molecule has 0 spiro atoms. The van der Waals surface area contributed by atoms with E-state index in [1.165, 1.54) is 19.3 Å². The number of nitrogens with one attached hydrogen (secondary N) is 1. The van der Waals surface area contributed by atoms with Crippen LogP contribution in [0.2, 0.25) is 0 Å². The number of hydrogen-bond acceptors (Lipinski definition) is 4. The molecule has 0 bridgehead atoms. The number of ether oxygens (including phenoxy) is 1. The maximum atomic E-state index is 12.3. The van der Waals surface area contributed by atoms with Crippen molar-refractivity contribution in [3.05, 3.63) is 0 Å². The molecule has 0 unspecified atom stereocenters. The molecule has 0 aromatic heterocycles. The van der Waals surface area contributed by atoms with Crippen LogP contribution in [0.15, 0.2) is 4.99 Å². The van der Waals surface area contributed by atoms with E-state index in [9.17, 15) is 8.42 Å². The van der Waals surface area contributed by atoms with E-state index in [2.05, 4.69) is 17.1 Å². The molecule has 0 atom stereocenters. The van der Waals surface area contributed by atoms with Crippen LogP contribution < -0.4 is 5.32 Å². The normalized spacial score (nSPS) is 24.1. The zero-order valence-electron chi connectivity index (χ0n) is 17.4. The molecule has 0 amide bonds. The van der Waals surface area contributed by atoms with Crippen molar-refractivity contribution >= 4 is 39.8 Å². The maximum Gasteiger partial charge on any atom is 0.194 e. The van der Waals surface area contributed by atoms with E-state index in [4.69, 9.17) is 9.73 Å². The highest BCUT2D eigenvalue weighted by atomic mass is 127. The zero-order chi connectivity index (χ0) is 19.3. The third-order valence-corrected chi connectivity index (χ3v) is 8.11. The van der Waals surface area contributed by atoms with Crippen LogP contribution in [0.4, 0.5) is 0 Å². The molecule has 1 N–H and O–H groups in total. The molecule has 1 aliphatic heterocycles. The number of halogens is 1. The van der Waals surface area contributed by atoms with Gasteiger partial charge in [0.25, 0.3) is 0 Å². The Morgan fingerprint density at radius 2 is 1.85 bits per heavy atom. The van der Waals surface area contributed by atoms with Gasteiger partial charge >= 0.3 is 0 Å². The first kappa shape index (κ1) is 24.9. The lowest BCUT2D eigenvalue weighted by molar-refractivity contribution is -0.0625. The monoisotopic (exact) mass is 515 g/mol. The Hall–Kier alpha value is -0.0900. The highest BCUT2D eigenvalue weighted by Gasteiger charge is 2.41. The van der Waals surface area contributed by atoms with Crippen LogP contribution >= 0.6 is 24.0 Å². The van der Waals surface area contributed by atoms with Crippen LogP contribution in [-0.2, 0) is 14.6 Å². The molecule has 160 valence electrons. The van der Waals surface area contributed by atoms with Gasteiger partial charge in [-0.2, -0.15) is 0 Å². The molecule has 2 rings (SSSR count). The Labute approximate surface area is 182 Å². The molecule has 6 nitrogen and oxygen atoms in total. The predicted octanol–water partition coefficient (Wildman–Crippen LogP) is 3.21. The smallest absolute Gasteiger partial charge is 0.194 e. The Bertz CT molecular complexity index is 587. The lowest BCUT2D eigenvalue weighted by Crippen LogP contribution is -2.57. The van der Waals surface area contributed by atoms with Gasteiger partial charge in [0.15, 0.2) is 15.8 Å².